The van der Waals surface area contributed by atoms with E-state index in [1.807, 2.05) is 25.1 Å². The first-order chi connectivity index (χ1) is 18.3. The Labute approximate surface area is 221 Å². The van der Waals surface area contributed by atoms with E-state index in [-0.39, 0.29) is 36.2 Å². The Kier molecular flexibility index (Phi) is 6.22. The fourth-order valence-corrected chi connectivity index (χ4v) is 6.08. The third-order valence-electron chi connectivity index (χ3n) is 8.24. The summed E-state index contributed by atoms with van der Waals surface area (Å²) < 4.78 is 1.60. The average molecular weight is 516 g/mol. The lowest BCUT2D eigenvalue weighted by Gasteiger charge is -2.28. The number of Topliss-reactive ketones (excluding diaryl/α,β-unsaturated/α-hetero) is 1. The molecule has 2 aliphatic heterocycles. The number of hydrogen-bond acceptors (Lipinski definition) is 7. The average Bonchev–Trinajstić information content (AvgIpc) is 3.22. The van der Waals surface area contributed by atoms with Crippen molar-refractivity contribution < 1.29 is 14.4 Å². The van der Waals surface area contributed by atoms with Gasteiger partial charge in [-0.2, -0.15) is 5.10 Å². The van der Waals surface area contributed by atoms with Gasteiger partial charge in [0.25, 0.3) is 0 Å². The van der Waals surface area contributed by atoms with Gasteiger partial charge in [0.05, 0.1) is 5.52 Å². The molecule has 1 unspecified atom stereocenters. The zero-order valence-electron chi connectivity index (χ0n) is 22.1. The Morgan fingerprint density at radius 1 is 1.11 bits per heavy atom. The van der Waals surface area contributed by atoms with Crippen LogP contribution in [0.2, 0.25) is 0 Å². The summed E-state index contributed by atoms with van der Waals surface area (Å²) in [5.74, 6) is 0.729. The molecule has 10 heteroatoms. The molecule has 38 heavy (non-hydrogen) atoms. The third-order valence-corrected chi connectivity index (χ3v) is 8.24. The summed E-state index contributed by atoms with van der Waals surface area (Å²) in [6.07, 6.45) is 6.11. The highest BCUT2D eigenvalue weighted by atomic mass is 16.2. The largest absolute Gasteiger partial charge is 0.350 e. The predicted octanol–water partition coefficient (Wildman–Crippen LogP) is 2.20. The molecule has 0 radical (unpaired) electrons. The van der Waals surface area contributed by atoms with E-state index < -0.39 is 6.04 Å². The van der Waals surface area contributed by atoms with E-state index in [2.05, 4.69) is 32.2 Å². The van der Waals surface area contributed by atoms with Crippen LogP contribution < -0.4 is 5.32 Å². The molecule has 2 saturated heterocycles. The van der Waals surface area contributed by atoms with Crippen LogP contribution in [0, 0.1) is 12.8 Å². The summed E-state index contributed by atoms with van der Waals surface area (Å²) in [6, 6.07) is 5.52. The van der Waals surface area contributed by atoms with Gasteiger partial charge in [-0.1, -0.05) is 13.0 Å². The molecule has 2 aromatic heterocycles. The molecule has 1 aromatic carbocycles. The highest BCUT2D eigenvalue weighted by Crippen LogP contribution is 2.48. The van der Waals surface area contributed by atoms with Gasteiger partial charge in [-0.25, -0.2) is 9.97 Å². The maximum atomic E-state index is 13.6. The van der Waals surface area contributed by atoms with Gasteiger partial charge in [-0.15, -0.1) is 0 Å². The molecule has 198 valence electrons. The summed E-state index contributed by atoms with van der Waals surface area (Å²) in [5, 5.41) is 8.42. The van der Waals surface area contributed by atoms with Gasteiger partial charge >= 0.3 is 0 Å². The lowest BCUT2D eigenvalue weighted by Crippen LogP contribution is -2.51. The van der Waals surface area contributed by atoms with Gasteiger partial charge in [-0.05, 0) is 56.3 Å². The molecule has 0 bridgehead atoms. The second-order valence-electron chi connectivity index (χ2n) is 10.8. The second-order valence-corrected chi connectivity index (χ2v) is 10.8. The summed E-state index contributed by atoms with van der Waals surface area (Å²) in [7, 11) is 0. The molecule has 10 nitrogen and oxygen atoms in total. The smallest absolute Gasteiger partial charge is 0.245 e. The first kappa shape index (κ1) is 24.7. The fourth-order valence-electron chi connectivity index (χ4n) is 6.08. The van der Waals surface area contributed by atoms with Crippen molar-refractivity contribution >= 4 is 28.5 Å². The van der Waals surface area contributed by atoms with Gasteiger partial charge in [0.15, 0.2) is 5.78 Å². The number of nitrogens with one attached hydrogen (secondary N) is 1. The molecule has 2 amide bonds. The van der Waals surface area contributed by atoms with Gasteiger partial charge < -0.3 is 15.1 Å². The Morgan fingerprint density at radius 2 is 1.89 bits per heavy atom. The highest BCUT2D eigenvalue weighted by Gasteiger charge is 2.56. The van der Waals surface area contributed by atoms with Crippen LogP contribution >= 0.6 is 0 Å². The number of benzene rings is 1. The minimum Gasteiger partial charge on any atom is -0.350 e. The maximum Gasteiger partial charge on any atom is 0.245 e. The van der Waals surface area contributed by atoms with Crippen LogP contribution in [-0.4, -0.2) is 84.9 Å². The van der Waals surface area contributed by atoms with E-state index in [0.717, 1.165) is 43.6 Å². The zero-order valence-corrected chi connectivity index (χ0v) is 22.1. The first-order valence-electron chi connectivity index (χ1n) is 13.5. The fraction of sp³-hybridized carbons (Fsp3) is 0.500. The van der Waals surface area contributed by atoms with E-state index in [0.29, 0.717) is 34.8 Å². The maximum absolute atomic E-state index is 13.6. The first-order valence-corrected chi connectivity index (χ1v) is 13.5. The van der Waals surface area contributed by atoms with Crippen molar-refractivity contribution in [2.24, 2.45) is 5.92 Å². The summed E-state index contributed by atoms with van der Waals surface area (Å²) >= 11 is 0. The molecule has 1 saturated carbocycles. The molecule has 6 rings (SSSR count). The Hall–Kier alpha value is -3.66. The Bertz CT molecular complexity index is 1420. The molecular formula is C28H33N7O3. The highest BCUT2D eigenvalue weighted by molar-refractivity contribution is 6.06. The molecule has 3 aliphatic rings. The molecule has 3 aromatic rings. The number of aryl methyl sites for hydroxylation is 1. The van der Waals surface area contributed by atoms with Crippen molar-refractivity contribution in [3.8, 4) is 11.1 Å². The molecule has 1 aliphatic carbocycles. The predicted molar refractivity (Wildman–Crippen MR) is 141 cm³/mol. The van der Waals surface area contributed by atoms with E-state index in [1.165, 1.54) is 6.92 Å². The van der Waals surface area contributed by atoms with Crippen LogP contribution in [0.5, 0.6) is 0 Å². The van der Waals surface area contributed by atoms with Crippen LogP contribution in [0.4, 0.5) is 0 Å². The van der Waals surface area contributed by atoms with Crippen molar-refractivity contribution in [3.05, 3.63) is 42.1 Å². The quantitative estimate of drug-likeness (QED) is 0.480. The summed E-state index contributed by atoms with van der Waals surface area (Å²) in [6.45, 7) is 8.25. The molecule has 4 heterocycles. The Morgan fingerprint density at radius 3 is 2.61 bits per heavy atom. The van der Waals surface area contributed by atoms with Crippen LogP contribution in [0.1, 0.15) is 49.4 Å². The minimum absolute atomic E-state index is 0.0171. The second kappa shape index (κ2) is 9.58. The van der Waals surface area contributed by atoms with Gasteiger partial charge in [0.1, 0.15) is 24.1 Å². The van der Waals surface area contributed by atoms with Crippen LogP contribution in [0.3, 0.4) is 0 Å². The lowest BCUT2D eigenvalue weighted by atomic mass is 10.0. The molecule has 0 spiro atoms. The lowest BCUT2D eigenvalue weighted by molar-refractivity contribution is -0.140. The number of aromatic nitrogens is 4. The standard InChI is InChI=1S/C28H33N7O3/c1-4-33-8-7-21(14-33)31-28(38)25-11-19-10-24(19)35(25)26(37)15-34-23-6-5-18(20-12-29-17(3)30-13-20)9-22(23)27(32-34)16(2)36/h5-6,9,12-13,19,21,24-25H,4,7-8,10-11,14-15H2,1-3H3,(H,31,38)/t19-,21?,24-,25+/m1/s1. The number of likely N-dealkylation sites (tertiary alicyclic amines) is 2. The van der Waals surface area contributed by atoms with Crippen molar-refractivity contribution in [2.45, 2.75) is 64.7 Å². The van der Waals surface area contributed by atoms with Crippen LogP contribution in [0.25, 0.3) is 22.0 Å². The molecular weight excluding hydrogens is 482 g/mol. The normalized spacial score (nSPS) is 24.6. The number of nitrogens with zero attached hydrogens (tertiary/aromatic N) is 6. The number of carbonyl (C=O) groups excluding carboxylic acids is 3. The number of hydrogen-bond donors (Lipinski definition) is 1. The Balaban J connectivity index is 1.23. The topological polar surface area (TPSA) is 113 Å². The van der Waals surface area contributed by atoms with Crippen molar-refractivity contribution in [3.63, 3.8) is 0 Å². The van der Waals surface area contributed by atoms with E-state index >= 15 is 0 Å². The number of piperidine rings is 1. The molecule has 1 N–H and O–H groups in total. The zero-order chi connectivity index (χ0) is 26.6. The minimum atomic E-state index is -0.441. The van der Waals surface area contributed by atoms with Crippen LogP contribution in [0.15, 0.2) is 30.6 Å². The van der Waals surface area contributed by atoms with Crippen LogP contribution in [-0.2, 0) is 16.1 Å². The molecule has 3 fully saturated rings. The van der Waals surface area contributed by atoms with Crippen molar-refractivity contribution in [1.82, 2.24) is 34.9 Å². The monoisotopic (exact) mass is 515 g/mol. The number of fused-ring (bicyclic) bond motifs is 2. The molecule has 4 atom stereocenters. The number of ketones is 1. The van der Waals surface area contributed by atoms with Gasteiger partial charge in [-0.3, -0.25) is 19.1 Å². The summed E-state index contributed by atoms with van der Waals surface area (Å²) in [5.41, 5.74) is 2.74. The number of likely N-dealkylation sites (N-methyl/N-ethyl adjacent to an activating group) is 1. The van der Waals surface area contributed by atoms with E-state index in [9.17, 15) is 14.4 Å². The number of amides is 2. The number of carbonyl (C=O) groups is 3. The number of rotatable bonds is 7. The van der Waals surface area contributed by atoms with Gasteiger partial charge in [0, 0.05) is 55.4 Å². The third kappa shape index (κ3) is 4.47. The van der Waals surface area contributed by atoms with Crippen molar-refractivity contribution in [2.75, 3.05) is 19.6 Å². The van der Waals surface area contributed by atoms with Gasteiger partial charge in [0.2, 0.25) is 11.8 Å². The van der Waals surface area contributed by atoms with Crippen molar-refractivity contribution in [1.29, 1.82) is 0 Å². The van der Waals surface area contributed by atoms with E-state index in [1.54, 1.807) is 22.0 Å². The van der Waals surface area contributed by atoms with E-state index in [4.69, 9.17) is 0 Å². The summed E-state index contributed by atoms with van der Waals surface area (Å²) in [4.78, 5) is 52.0. The SMILES string of the molecule is CCN1CCC(NC(=O)[C@@H]2C[C@H]3C[C@H]3N2C(=O)Cn2nc(C(C)=O)c3cc(-c4cnc(C)nc4)ccc32)C1.